The Kier molecular flexibility index (Phi) is 9.02. The number of nitrogens with zero attached hydrogens (tertiary/aromatic N) is 3. The monoisotopic (exact) mass is 492 g/mol. The van der Waals surface area contributed by atoms with Crippen LogP contribution >= 0.6 is 0 Å². The molecule has 36 heavy (non-hydrogen) atoms. The number of carbonyl (C=O) groups is 1. The van der Waals surface area contributed by atoms with E-state index in [-0.39, 0.29) is 23.5 Å². The Hall–Kier alpha value is -3.48. The molecule has 4 rings (SSSR count). The molecule has 2 heterocycles. The smallest absolute Gasteiger partial charge is 0.232 e. The van der Waals surface area contributed by atoms with Crippen molar-refractivity contribution in [1.82, 2.24) is 14.5 Å². The Morgan fingerprint density at radius 2 is 1.81 bits per heavy atom. The van der Waals surface area contributed by atoms with E-state index in [4.69, 9.17) is 10.1 Å². The molecule has 1 N–H and O–H groups in total. The molecule has 1 amide bonds. The quantitative estimate of drug-likeness (QED) is 0.407. The van der Waals surface area contributed by atoms with Gasteiger partial charge in [0.2, 0.25) is 5.91 Å². The van der Waals surface area contributed by atoms with Crippen molar-refractivity contribution in [1.29, 1.82) is 5.41 Å². The summed E-state index contributed by atoms with van der Waals surface area (Å²) in [6.07, 6.45) is 5.07. The largest absolute Gasteiger partial charge is 0.495 e. The molecule has 2 unspecified atom stereocenters. The Morgan fingerprint density at radius 3 is 2.39 bits per heavy atom. The normalized spacial score (nSPS) is 16.4. The third kappa shape index (κ3) is 6.39. The molecule has 1 aliphatic rings. The fourth-order valence-electron chi connectivity index (χ4n) is 4.29. The molecule has 1 fully saturated rings. The number of carbonyl (C=O) groups excluding carboxylic acids is 1. The molecule has 192 valence electrons. The number of halogens is 1. The van der Waals surface area contributed by atoms with Gasteiger partial charge in [0.1, 0.15) is 11.6 Å². The fraction of sp³-hybridized carbons (Fsp3) is 0.414. The third-order valence-corrected chi connectivity index (χ3v) is 6.12. The highest BCUT2D eigenvalue weighted by atomic mass is 19.1. The fourth-order valence-corrected chi connectivity index (χ4v) is 4.29. The topological polar surface area (TPSA) is 71.2 Å². The number of aromatic nitrogens is 2. The van der Waals surface area contributed by atoms with Gasteiger partial charge in [-0.2, -0.15) is 0 Å². The van der Waals surface area contributed by atoms with Crippen molar-refractivity contribution in [3.8, 4) is 11.4 Å². The van der Waals surface area contributed by atoms with Gasteiger partial charge in [-0.3, -0.25) is 4.79 Å². The highest BCUT2D eigenvalue weighted by molar-refractivity contribution is 6.12. The maximum absolute atomic E-state index is 13.3. The molecule has 3 aromatic rings. The Bertz CT molecular complexity index is 1180. The van der Waals surface area contributed by atoms with Gasteiger partial charge in [0.05, 0.1) is 42.5 Å². The summed E-state index contributed by atoms with van der Waals surface area (Å²) in [7, 11) is 1.59. The summed E-state index contributed by atoms with van der Waals surface area (Å²) in [5.74, 6) is 0.572. The van der Waals surface area contributed by atoms with Gasteiger partial charge in [-0.25, -0.2) is 9.37 Å². The van der Waals surface area contributed by atoms with Crippen LogP contribution in [0.15, 0.2) is 55.0 Å². The number of aryl methyl sites for hydroxylation is 1. The average molecular weight is 493 g/mol. The van der Waals surface area contributed by atoms with Crippen LogP contribution in [0.5, 0.6) is 5.75 Å². The lowest BCUT2D eigenvalue weighted by molar-refractivity contribution is -0.138. The lowest BCUT2D eigenvalue weighted by Crippen LogP contribution is -2.45. The Morgan fingerprint density at radius 1 is 1.14 bits per heavy atom. The van der Waals surface area contributed by atoms with Crippen LogP contribution in [-0.4, -0.2) is 39.7 Å². The minimum atomic E-state index is -0.516. The lowest BCUT2D eigenvalue weighted by Gasteiger charge is -2.37. The number of nitrogens with one attached hydrogen (secondary N) is 1. The predicted octanol–water partition coefficient (Wildman–Crippen LogP) is 6.36. The number of likely N-dealkylation sites (tertiary alicyclic amines) is 1. The van der Waals surface area contributed by atoms with Gasteiger partial charge in [-0.1, -0.05) is 39.0 Å². The van der Waals surface area contributed by atoms with Crippen LogP contribution in [-0.2, 0) is 4.79 Å². The molecule has 2 aromatic carbocycles. The number of rotatable bonds is 6. The zero-order chi connectivity index (χ0) is 26.4. The summed E-state index contributed by atoms with van der Waals surface area (Å²) < 4.78 is 20.7. The second-order valence-electron chi connectivity index (χ2n) is 9.91. The van der Waals surface area contributed by atoms with Crippen molar-refractivity contribution in [2.75, 3.05) is 13.7 Å². The summed E-state index contributed by atoms with van der Waals surface area (Å²) in [5, 5.41) is 8.80. The summed E-state index contributed by atoms with van der Waals surface area (Å²) >= 11 is 0. The van der Waals surface area contributed by atoms with Crippen molar-refractivity contribution in [2.45, 2.75) is 53.5 Å². The highest BCUT2D eigenvalue weighted by Gasteiger charge is 2.35. The first kappa shape index (κ1) is 27.1. The molecule has 1 aromatic heterocycles. The zero-order valence-electron chi connectivity index (χ0n) is 22.1. The molecule has 7 heteroatoms. The van der Waals surface area contributed by atoms with Gasteiger partial charge in [-0.05, 0) is 68.0 Å². The molecular formula is C29H37FN4O2. The van der Waals surface area contributed by atoms with Gasteiger partial charge in [0.15, 0.2) is 0 Å². The zero-order valence-corrected chi connectivity index (χ0v) is 22.1. The van der Waals surface area contributed by atoms with Gasteiger partial charge >= 0.3 is 0 Å². The van der Waals surface area contributed by atoms with E-state index in [0.717, 1.165) is 29.3 Å². The Balaban J connectivity index is 0.000000840. The molecule has 0 aliphatic carbocycles. The number of imidazole rings is 1. The number of benzene rings is 2. The van der Waals surface area contributed by atoms with Crippen LogP contribution in [0.25, 0.3) is 5.69 Å². The van der Waals surface area contributed by atoms with Crippen molar-refractivity contribution in [3.63, 3.8) is 0 Å². The van der Waals surface area contributed by atoms with Crippen molar-refractivity contribution < 1.29 is 13.9 Å². The number of ether oxygens (including phenoxy) is 1. The molecule has 0 radical (unpaired) electrons. The van der Waals surface area contributed by atoms with Crippen LogP contribution in [0, 0.1) is 30.0 Å². The maximum atomic E-state index is 13.3. The van der Waals surface area contributed by atoms with Crippen LogP contribution in [0.1, 0.15) is 63.4 Å². The molecule has 0 saturated carbocycles. The van der Waals surface area contributed by atoms with Crippen molar-refractivity contribution in [2.24, 2.45) is 11.8 Å². The molecule has 1 aliphatic heterocycles. The van der Waals surface area contributed by atoms with E-state index in [1.807, 2.05) is 42.8 Å². The number of hydrogen-bond acceptors (Lipinski definition) is 4. The standard InChI is InChI=1S/C25H27FN4O2.C4H10/c1-16-14-29(15-28-16)22-11-8-19(13-23(22)32-3)24(27)21-5-4-12-30(25(21)31)17(2)18-6-9-20(26)10-7-18;1-4(2)3/h6-11,13-15,17,21,27H,4-5,12H2,1-3H3;4H,1-3H3. The first-order chi connectivity index (χ1) is 17.1. The highest BCUT2D eigenvalue weighted by Crippen LogP contribution is 2.31. The van der Waals surface area contributed by atoms with Crippen LogP contribution in [0.4, 0.5) is 4.39 Å². The summed E-state index contributed by atoms with van der Waals surface area (Å²) in [4.78, 5) is 19.4. The van der Waals surface area contributed by atoms with Crippen LogP contribution in [0.3, 0.4) is 0 Å². The minimum Gasteiger partial charge on any atom is -0.495 e. The average Bonchev–Trinajstić information content (AvgIpc) is 3.29. The van der Waals surface area contributed by atoms with E-state index in [2.05, 4.69) is 25.8 Å². The van der Waals surface area contributed by atoms with Gasteiger partial charge in [0, 0.05) is 12.7 Å². The SMILES string of the molecule is CC(C)C.COc1cc(C(=N)C2CCCN(C(C)c3ccc(F)cc3)C2=O)ccc1-n1cnc(C)c1. The molecule has 6 nitrogen and oxygen atoms in total. The van der Waals surface area contributed by atoms with Gasteiger partial charge in [-0.15, -0.1) is 0 Å². The summed E-state index contributed by atoms with van der Waals surface area (Å²) in [6.45, 7) is 11.0. The maximum Gasteiger partial charge on any atom is 0.232 e. The van der Waals surface area contributed by atoms with E-state index in [0.29, 0.717) is 24.3 Å². The minimum absolute atomic E-state index is 0.0636. The summed E-state index contributed by atoms with van der Waals surface area (Å²) in [6, 6.07) is 11.6. The lowest BCUT2D eigenvalue weighted by atomic mass is 9.87. The molecule has 0 bridgehead atoms. The first-order valence-corrected chi connectivity index (χ1v) is 12.5. The summed E-state index contributed by atoms with van der Waals surface area (Å²) in [5.41, 5.74) is 3.56. The second-order valence-corrected chi connectivity index (χ2v) is 9.91. The van der Waals surface area contributed by atoms with E-state index in [1.54, 1.807) is 30.5 Å². The number of methoxy groups -OCH3 is 1. The van der Waals surface area contributed by atoms with E-state index in [9.17, 15) is 9.18 Å². The molecular weight excluding hydrogens is 455 g/mol. The van der Waals surface area contributed by atoms with E-state index >= 15 is 0 Å². The third-order valence-electron chi connectivity index (χ3n) is 6.12. The Labute approximate surface area is 213 Å². The predicted molar refractivity (Wildman–Crippen MR) is 141 cm³/mol. The molecule has 2 atom stereocenters. The van der Waals surface area contributed by atoms with Crippen molar-refractivity contribution in [3.05, 3.63) is 77.6 Å². The number of hydrogen-bond donors (Lipinski definition) is 1. The van der Waals surface area contributed by atoms with Gasteiger partial charge < -0.3 is 19.6 Å². The van der Waals surface area contributed by atoms with Crippen LogP contribution in [0.2, 0.25) is 0 Å². The molecule has 1 saturated heterocycles. The molecule has 0 spiro atoms. The number of piperidine rings is 1. The van der Waals surface area contributed by atoms with Crippen LogP contribution < -0.4 is 4.74 Å². The van der Waals surface area contributed by atoms with Crippen molar-refractivity contribution >= 4 is 11.6 Å². The van der Waals surface area contributed by atoms with E-state index < -0.39 is 5.92 Å². The number of amides is 1. The first-order valence-electron chi connectivity index (χ1n) is 12.5. The second kappa shape index (κ2) is 12.0. The van der Waals surface area contributed by atoms with Gasteiger partial charge in [0.25, 0.3) is 0 Å². The van der Waals surface area contributed by atoms with E-state index in [1.165, 1.54) is 12.1 Å².